The van der Waals surface area contributed by atoms with Crippen molar-refractivity contribution in [2.24, 2.45) is 0 Å². The molecule has 0 amide bonds. The molecule has 0 aliphatic rings. The second-order valence-corrected chi connectivity index (χ2v) is 3.01. The molecule has 0 bridgehead atoms. The van der Waals surface area contributed by atoms with Crippen molar-refractivity contribution in [1.29, 1.82) is 0 Å². The summed E-state index contributed by atoms with van der Waals surface area (Å²) in [6.07, 6.45) is 1.21. The van der Waals surface area contributed by atoms with Gasteiger partial charge in [-0.05, 0) is 6.07 Å². The molecule has 0 spiro atoms. The average molecular weight is 198 g/mol. The topological polar surface area (TPSA) is 87.4 Å². The minimum atomic E-state index is -4.65. The quantitative estimate of drug-likeness (QED) is 0.287. The number of aldehydes is 1. The second-order valence-electron chi connectivity index (χ2n) is 1.74. The Hall–Kier alpha value is -0.140. The zero-order chi connectivity index (χ0) is 8.48. The molecule has 0 fully saturated rings. The summed E-state index contributed by atoms with van der Waals surface area (Å²) in [5.41, 5.74) is -0.250. The smallest absolute Gasteiger partial charge is 0.742 e. The van der Waals surface area contributed by atoms with Crippen molar-refractivity contribution >= 4 is 16.4 Å². The number of hydrogen-bond acceptors (Lipinski definition) is 5. The van der Waals surface area contributed by atoms with Crippen molar-refractivity contribution in [3.8, 4) is 0 Å². The molecule has 0 saturated heterocycles. The molecule has 60 valence electrons. The van der Waals surface area contributed by atoms with E-state index in [1.54, 1.807) is 0 Å². The average Bonchev–Trinajstić information content (AvgIpc) is 2.31. The van der Waals surface area contributed by atoms with Crippen LogP contribution in [-0.4, -0.2) is 19.3 Å². The van der Waals surface area contributed by atoms with Crippen LogP contribution in [0.1, 0.15) is 10.4 Å². The van der Waals surface area contributed by atoms with Crippen LogP contribution in [0.25, 0.3) is 0 Å². The Labute approximate surface area is 90.8 Å². The molecule has 0 aromatic carbocycles. The molecule has 7 heteroatoms. The third kappa shape index (κ3) is 2.43. The molecule has 0 aliphatic carbocycles. The van der Waals surface area contributed by atoms with Gasteiger partial charge in [-0.2, -0.15) is 0 Å². The fourth-order valence-electron chi connectivity index (χ4n) is 0.596. The molecule has 5 nitrogen and oxygen atoms in total. The van der Waals surface area contributed by atoms with Gasteiger partial charge >= 0.3 is 29.6 Å². The molecule has 0 N–H and O–H groups in total. The Balaban J connectivity index is 0.00000121. The van der Waals surface area contributed by atoms with Crippen molar-refractivity contribution in [3.63, 3.8) is 0 Å². The van der Waals surface area contributed by atoms with E-state index in [1.165, 1.54) is 0 Å². The maximum Gasteiger partial charge on any atom is 1.00 e. The maximum absolute atomic E-state index is 10.3. The Morgan fingerprint density at radius 2 is 2.08 bits per heavy atom. The van der Waals surface area contributed by atoms with Crippen molar-refractivity contribution in [3.05, 3.63) is 17.9 Å². The Kier molecular flexibility index (Phi) is 4.15. The van der Waals surface area contributed by atoms with Crippen molar-refractivity contribution < 1.29 is 51.7 Å². The Morgan fingerprint density at radius 3 is 2.42 bits per heavy atom. The zero-order valence-corrected chi connectivity index (χ0v) is 9.00. The van der Waals surface area contributed by atoms with E-state index in [0.29, 0.717) is 0 Å². The molecule has 0 aliphatic heterocycles. The molecule has 0 saturated carbocycles. The van der Waals surface area contributed by atoms with Crippen LogP contribution in [0.2, 0.25) is 0 Å². The first-order chi connectivity index (χ1) is 5.05. The second kappa shape index (κ2) is 4.20. The van der Waals surface area contributed by atoms with E-state index in [1.807, 2.05) is 0 Å². The molecule has 0 unspecified atom stereocenters. The number of hydrogen-bond donors (Lipinski definition) is 0. The summed E-state index contributed by atoms with van der Waals surface area (Å²) < 4.78 is 35.1. The Bertz CT molecular complexity index is 365. The van der Waals surface area contributed by atoms with E-state index in [-0.39, 0.29) is 41.4 Å². The van der Waals surface area contributed by atoms with E-state index < -0.39 is 15.2 Å². The summed E-state index contributed by atoms with van der Waals surface area (Å²) in [6.45, 7) is 0. The van der Waals surface area contributed by atoms with Gasteiger partial charge in [-0.3, -0.25) is 4.79 Å². The first-order valence-corrected chi connectivity index (χ1v) is 3.95. The minimum absolute atomic E-state index is 0. The van der Waals surface area contributed by atoms with Crippen LogP contribution in [-0.2, 0) is 10.1 Å². The van der Waals surface area contributed by atoms with Crippen LogP contribution in [0.4, 0.5) is 0 Å². The molecular formula is C5H3NaO5S. The van der Waals surface area contributed by atoms with Gasteiger partial charge in [0.05, 0.1) is 11.8 Å². The standard InChI is InChI=1S/C5H4O5S.Na/c6-3-4-1-2-10-5(4)11(7,8)9;/h1-3H,(H,7,8,9);/q;+1/p-1. The third-order valence-electron chi connectivity index (χ3n) is 1.01. The fraction of sp³-hybridized carbons (Fsp3) is 0. The van der Waals surface area contributed by atoms with Crippen LogP contribution in [0.5, 0.6) is 0 Å². The van der Waals surface area contributed by atoms with Crippen LogP contribution in [0.3, 0.4) is 0 Å². The van der Waals surface area contributed by atoms with E-state index in [9.17, 15) is 17.8 Å². The SMILES string of the molecule is O=Cc1ccoc1S(=O)(=O)[O-].[Na+]. The van der Waals surface area contributed by atoms with Gasteiger partial charge in [-0.1, -0.05) is 0 Å². The molecule has 1 aromatic heterocycles. The van der Waals surface area contributed by atoms with Crippen molar-refractivity contribution in [1.82, 2.24) is 0 Å². The summed E-state index contributed by atoms with van der Waals surface area (Å²) in [5, 5.41) is -0.826. The molecule has 1 rings (SSSR count). The van der Waals surface area contributed by atoms with Crippen molar-refractivity contribution in [2.75, 3.05) is 0 Å². The van der Waals surface area contributed by atoms with E-state index >= 15 is 0 Å². The van der Waals surface area contributed by atoms with E-state index in [0.717, 1.165) is 12.3 Å². The van der Waals surface area contributed by atoms with Crippen LogP contribution < -0.4 is 29.6 Å². The van der Waals surface area contributed by atoms with Gasteiger partial charge in [0, 0.05) is 0 Å². The van der Waals surface area contributed by atoms with Gasteiger partial charge in [-0.15, -0.1) is 0 Å². The van der Waals surface area contributed by atoms with Gasteiger partial charge in [-0.25, -0.2) is 8.42 Å². The monoisotopic (exact) mass is 198 g/mol. The fourth-order valence-corrected chi connectivity index (χ4v) is 1.17. The van der Waals surface area contributed by atoms with Crippen molar-refractivity contribution in [2.45, 2.75) is 5.09 Å². The normalized spacial score (nSPS) is 10.4. The van der Waals surface area contributed by atoms with Crippen LogP contribution in [0.15, 0.2) is 21.8 Å². The predicted molar refractivity (Wildman–Crippen MR) is 32.1 cm³/mol. The summed E-state index contributed by atoms with van der Waals surface area (Å²) in [5.74, 6) is 0. The predicted octanol–water partition coefficient (Wildman–Crippen LogP) is -3.00. The summed E-state index contributed by atoms with van der Waals surface area (Å²) in [7, 11) is -4.65. The summed E-state index contributed by atoms with van der Waals surface area (Å²) >= 11 is 0. The molecule has 0 atom stereocenters. The first kappa shape index (κ1) is 11.9. The molecule has 1 heterocycles. The van der Waals surface area contributed by atoms with Gasteiger partial charge in [0.1, 0.15) is 0 Å². The zero-order valence-electron chi connectivity index (χ0n) is 6.18. The van der Waals surface area contributed by atoms with E-state index in [4.69, 9.17) is 0 Å². The molecule has 12 heavy (non-hydrogen) atoms. The third-order valence-corrected chi connectivity index (χ3v) is 1.80. The van der Waals surface area contributed by atoms with Gasteiger partial charge in [0.2, 0.25) is 5.09 Å². The molecule has 0 radical (unpaired) electrons. The minimum Gasteiger partial charge on any atom is -0.742 e. The summed E-state index contributed by atoms with van der Waals surface area (Å²) in [4.78, 5) is 10.1. The van der Waals surface area contributed by atoms with Gasteiger partial charge in [0.25, 0.3) is 0 Å². The Morgan fingerprint density at radius 1 is 1.50 bits per heavy atom. The number of carbonyl (C=O) groups excluding carboxylic acids is 1. The number of furan rings is 1. The first-order valence-electron chi connectivity index (χ1n) is 2.54. The van der Waals surface area contributed by atoms with Gasteiger partial charge in [0.15, 0.2) is 16.4 Å². The largest absolute Gasteiger partial charge is 1.00 e. The van der Waals surface area contributed by atoms with Crippen LogP contribution in [0, 0.1) is 0 Å². The van der Waals surface area contributed by atoms with Gasteiger partial charge < -0.3 is 8.97 Å². The summed E-state index contributed by atoms with van der Waals surface area (Å²) in [6, 6.07) is 1.11. The number of carbonyl (C=O) groups is 1. The molecular weight excluding hydrogens is 195 g/mol. The van der Waals surface area contributed by atoms with E-state index in [2.05, 4.69) is 4.42 Å². The van der Waals surface area contributed by atoms with Crippen LogP contribution >= 0.6 is 0 Å². The number of rotatable bonds is 2. The maximum atomic E-state index is 10.3. The molecule has 1 aromatic rings.